The van der Waals surface area contributed by atoms with Crippen molar-refractivity contribution in [3.05, 3.63) is 53.1 Å². The maximum Gasteiger partial charge on any atom is 0.356 e. The standard InChI is InChI=1S/C18H18O4/c1-11-8-9-12(2)17(13(11)3)22-18(19)16-10-20-14-6-4-5-7-15(14)21-16/h4-9,16H,10H2,1-3H3/t16-/m1/s1. The largest absolute Gasteiger partial charge is 0.485 e. The predicted octanol–water partition coefficient (Wildman–Crippen LogP) is 3.36. The molecule has 1 aliphatic rings. The molecular formula is C18H18O4. The first kappa shape index (κ1) is 14.4. The molecule has 0 aromatic heterocycles. The summed E-state index contributed by atoms with van der Waals surface area (Å²) in [5.41, 5.74) is 2.97. The van der Waals surface area contributed by atoms with Crippen LogP contribution in [0.4, 0.5) is 0 Å². The van der Waals surface area contributed by atoms with Crippen molar-refractivity contribution < 1.29 is 19.0 Å². The third-order valence-corrected chi connectivity index (χ3v) is 3.85. The summed E-state index contributed by atoms with van der Waals surface area (Å²) >= 11 is 0. The van der Waals surface area contributed by atoms with E-state index in [0.29, 0.717) is 17.2 Å². The molecule has 0 aliphatic carbocycles. The maximum absolute atomic E-state index is 12.4. The van der Waals surface area contributed by atoms with Gasteiger partial charge in [0.15, 0.2) is 11.5 Å². The van der Waals surface area contributed by atoms with Gasteiger partial charge in [-0.25, -0.2) is 4.79 Å². The highest BCUT2D eigenvalue weighted by atomic mass is 16.6. The van der Waals surface area contributed by atoms with Crippen LogP contribution < -0.4 is 14.2 Å². The molecule has 1 atom stereocenters. The molecule has 0 saturated heterocycles. The van der Waals surface area contributed by atoms with Crippen LogP contribution in [0.3, 0.4) is 0 Å². The smallest absolute Gasteiger partial charge is 0.356 e. The van der Waals surface area contributed by atoms with Crippen molar-refractivity contribution in [1.82, 2.24) is 0 Å². The van der Waals surface area contributed by atoms with E-state index in [1.54, 1.807) is 6.07 Å². The molecular weight excluding hydrogens is 280 g/mol. The Morgan fingerprint density at radius 3 is 2.50 bits per heavy atom. The molecule has 0 bridgehead atoms. The van der Waals surface area contributed by atoms with Crippen LogP contribution in [0.1, 0.15) is 16.7 Å². The van der Waals surface area contributed by atoms with Crippen LogP contribution in [0.5, 0.6) is 17.2 Å². The topological polar surface area (TPSA) is 44.8 Å². The summed E-state index contributed by atoms with van der Waals surface area (Å²) in [4.78, 5) is 12.4. The van der Waals surface area contributed by atoms with E-state index in [2.05, 4.69) is 0 Å². The number of aryl methyl sites for hydroxylation is 2. The number of hydrogen-bond acceptors (Lipinski definition) is 4. The molecule has 22 heavy (non-hydrogen) atoms. The SMILES string of the molecule is Cc1ccc(C)c(OC(=O)[C@H]2COc3ccccc3O2)c1C. The van der Waals surface area contributed by atoms with E-state index >= 15 is 0 Å². The van der Waals surface area contributed by atoms with Gasteiger partial charge in [-0.2, -0.15) is 0 Å². The zero-order valence-electron chi connectivity index (χ0n) is 12.9. The molecule has 3 rings (SSSR count). The van der Waals surface area contributed by atoms with E-state index < -0.39 is 12.1 Å². The number of carbonyl (C=O) groups is 1. The maximum atomic E-state index is 12.4. The molecule has 0 amide bonds. The molecule has 114 valence electrons. The summed E-state index contributed by atoms with van der Waals surface area (Å²) in [6.07, 6.45) is -0.755. The van der Waals surface area contributed by atoms with Gasteiger partial charge in [0.25, 0.3) is 0 Å². The van der Waals surface area contributed by atoms with Gasteiger partial charge in [0, 0.05) is 0 Å². The fraction of sp³-hybridized carbons (Fsp3) is 0.278. The molecule has 4 nitrogen and oxygen atoms in total. The molecule has 0 saturated carbocycles. The number of fused-ring (bicyclic) bond motifs is 1. The van der Waals surface area contributed by atoms with E-state index in [1.807, 2.05) is 51.1 Å². The first-order chi connectivity index (χ1) is 10.6. The van der Waals surface area contributed by atoms with E-state index in [1.165, 1.54) is 0 Å². The van der Waals surface area contributed by atoms with Crippen LogP contribution >= 0.6 is 0 Å². The highest BCUT2D eigenvalue weighted by molar-refractivity contribution is 5.79. The molecule has 0 spiro atoms. The number of para-hydroxylation sites is 2. The third-order valence-electron chi connectivity index (χ3n) is 3.85. The molecule has 1 aliphatic heterocycles. The zero-order valence-corrected chi connectivity index (χ0v) is 12.9. The van der Waals surface area contributed by atoms with E-state index in [-0.39, 0.29) is 6.61 Å². The predicted molar refractivity (Wildman–Crippen MR) is 82.6 cm³/mol. The minimum atomic E-state index is -0.755. The van der Waals surface area contributed by atoms with Gasteiger partial charge in [-0.05, 0) is 49.6 Å². The second kappa shape index (κ2) is 5.72. The van der Waals surface area contributed by atoms with Gasteiger partial charge in [-0.3, -0.25) is 0 Å². The summed E-state index contributed by atoms with van der Waals surface area (Å²) in [5, 5.41) is 0. The van der Waals surface area contributed by atoms with Crippen molar-refractivity contribution in [2.24, 2.45) is 0 Å². The van der Waals surface area contributed by atoms with Crippen molar-refractivity contribution in [1.29, 1.82) is 0 Å². The molecule has 4 heteroatoms. The summed E-state index contributed by atoms with van der Waals surface area (Å²) in [6.45, 7) is 6.00. The first-order valence-corrected chi connectivity index (χ1v) is 7.23. The van der Waals surface area contributed by atoms with Crippen molar-refractivity contribution in [2.75, 3.05) is 6.61 Å². The minimum absolute atomic E-state index is 0.153. The molecule has 2 aromatic carbocycles. The number of esters is 1. The van der Waals surface area contributed by atoms with Crippen LogP contribution in [-0.2, 0) is 4.79 Å². The molecule has 2 aromatic rings. The van der Waals surface area contributed by atoms with Crippen molar-refractivity contribution >= 4 is 5.97 Å². The lowest BCUT2D eigenvalue weighted by molar-refractivity contribution is -0.144. The normalized spacial score (nSPS) is 16.2. The first-order valence-electron chi connectivity index (χ1n) is 7.23. The number of ether oxygens (including phenoxy) is 3. The quantitative estimate of drug-likeness (QED) is 0.630. The third kappa shape index (κ3) is 2.64. The second-order valence-electron chi connectivity index (χ2n) is 5.44. The Balaban J connectivity index is 1.78. The Hall–Kier alpha value is -2.49. The number of hydrogen-bond donors (Lipinski definition) is 0. The molecule has 0 fully saturated rings. The lowest BCUT2D eigenvalue weighted by Gasteiger charge is -2.25. The van der Waals surface area contributed by atoms with Crippen LogP contribution in [0.15, 0.2) is 36.4 Å². The molecule has 0 radical (unpaired) electrons. The van der Waals surface area contributed by atoms with Gasteiger partial charge in [-0.15, -0.1) is 0 Å². The minimum Gasteiger partial charge on any atom is -0.485 e. The Morgan fingerprint density at radius 2 is 1.73 bits per heavy atom. The number of rotatable bonds is 2. The van der Waals surface area contributed by atoms with Crippen molar-refractivity contribution in [3.63, 3.8) is 0 Å². The van der Waals surface area contributed by atoms with Crippen molar-refractivity contribution in [3.8, 4) is 17.2 Å². The van der Waals surface area contributed by atoms with Gasteiger partial charge in [-0.1, -0.05) is 24.3 Å². The lowest BCUT2D eigenvalue weighted by Crippen LogP contribution is -2.39. The Bertz CT molecular complexity index is 721. The summed E-state index contributed by atoms with van der Waals surface area (Å²) in [7, 11) is 0. The summed E-state index contributed by atoms with van der Waals surface area (Å²) < 4.78 is 16.8. The highest BCUT2D eigenvalue weighted by Gasteiger charge is 2.29. The highest BCUT2D eigenvalue weighted by Crippen LogP contribution is 2.32. The van der Waals surface area contributed by atoms with E-state index in [9.17, 15) is 4.79 Å². The van der Waals surface area contributed by atoms with Crippen molar-refractivity contribution in [2.45, 2.75) is 26.9 Å². The van der Waals surface area contributed by atoms with Gasteiger partial charge in [0.1, 0.15) is 12.4 Å². The van der Waals surface area contributed by atoms with E-state index in [4.69, 9.17) is 14.2 Å². The number of carbonyl (C=O) groups excluding carboxylic acids is 1. The van der Waals surface area contributed by atoms with Crippen LogP contribution in [0.25, 0.3) is 0 Å². The molecule has 0 N–H and O–H groups in total. The lowest BCUT2D eigenvalue weighted by atomic mass is 10.1. The molecule has 1 heterocycles. The number of benzene rings is 2. The second-order valence-corrected chi connectivity index (χ2v) is 5.44. The van der Waals surface area contributed by atoms with Crippen LogP contribution in [0.2, 0.25) is 0 Å². The molecule has 0 unspecified atom stereocenters. The zero-order chi connectivity index (χ0) is 15.7. The van der Waals surface area contributed by atoms with Gasteiger partial charge < -0.3 is 14.2 Å². The summed E-state index contributed by atoms with van der Waals surface area (Å²) in [5.74, 6) is 1.38. The Kier molecular flexibility index (Phi) is 3.75. The fourth-order valence-electron chi connectivity index (χ4n) is 2.38. The summed E-state index contributed by atoms with van der Waals surface area (Å²) in [6, 6.07) is 11.2. The van der Waals surface area contributed by atoms with Gasteiger partial charge in [0.05, 0.1) is 0 Å². The van der Waals surface area contributed by atoms with Gasteiger partial charge >= 0.3 is 5.97 Å². The fourth-order valence-corrected chi connectivity index (χ4v) is 2.38. The van der Waals surface area contributed by atoms with E-state index in [0.717, 1.165) is 16.7 Å². The Morgan fingerprint density at radius 1 is 1.05 bits per heavy atom. The van der Waals surface area contributed by atoms with Crippen LogP contribution in [0, 0.1) is 20.8 Å². The van der Waals surface area contributed by atoms with Gasteiger partial charge in [0.2, 0.25) is 6.10 Å². The Labute approximate surface area is 129 Å². The average molecular weight is 298 g/mol. The van der Waals surface area contributed by atoms with Crippen LogP contribution in [-0.4, -0.2) is 18.7 Å². The monoisotopic (exact) mass is 298 g/mol. The average Bonchev–Trinajstić information content (AvgIpc) is 2.54.